The Hall–Kier alpha value is -1.96. The van der Waals surface area contributed by atoms with Crippen molar-refractivity contribution in [1.82, 2.24) is 4.90 Å². The number of nitrogens with zero attached hydrogens (tertiary/aromatic N) is 1. The van der Waals surface area contributed by atoms with Crippen LogP contribution in [0.5, 0.6) is 0 Å². The summed E-state index contributed by atoms with van der Waals surface area (Å²) in [5.41, 5.74) is 1.42. The first kappa shape index (κ1) is 24.3. The van der Waals surface area contributed by atoms with Crippen LogP contribution in [-0.2, 0) is 4.74 Å². The van der Waals surface area contributed by atoms with E-state index in [1.807, 2.05) is 30.3 Å². The second kappa shape index (κ2) is 10.9. The Balaban J connectivity index is 0.00000320. The summed E-state index contributed by atoms with van der Waals surface area (Å²) in [6.45, 7) is 0.651. The Bertz CT molecular complexity index is 804. The third-order valence-corrected chi connectivity index (χ3v) is 5.16. The molecule has 2 atom stereocenters. The van der Waals surface area contributed by atoms with Gasteiger partial charge in [-0.3, -0.25) is 10.2 Å². The van der Waals surface area contributed by atoms with E-state index in [1.165, 1.54) is 24.3 Å². The number of likely N-dealkylation sites (tertiary alicyclic amines) is 1. The van der Waals surface area contributed by atoms with Gasteiger partial charge in [-0.2, -0.15) is 13.2 Å². The molecule has 1 saturated heterocycles. The molecule has 1 aliphatic rings. The first-order chi connectivity index (χ1) is 13.8. The summed E-state index contributed by atoms with van der Waals surface area (Å²) in [4.78, 5) is 13.7. The van der Waals surface area contributed by atoms with Gasteiger partial charge in [0.1, 0.15) is 0 Å². The van der Waals surface area contributed by atoms with Gasteiger partial charge in [-0.25, -0.2) is 4.79 Å². The predicted molar refractivity (Wildman–Crippen MR) is 114 cm³/mol. The van der Waals surface area contributed by atoms with E-state index in [9.17, 15) is 18.0 Å². The maximum Gasteiger partial charge on any atom is 0.426 e. The topological polar surface area (TPSA) is 41.6 Å². The maximum atomic E-state index is 13.5. The third kappa shape index (κ3) is 7.07. The Morgan fingerprint density at radius 3 is 2.47 bits per heavy atom. The summed E-state index contributed by atoms with van der Waals surface area (Å²) in [7, 11) is 0. The standard InChI is InChI=1S/C21H22ClF3N2O2.ClH/c22-17-8-10-18(11-9-17)26-20(28)29-19(21(23,24)25)14-27-12-4-7-16(13-27)15-5-2-1-3-6-15;/h1-3,5-6,8-11,16,19H,4,7,12-14H2,(H,26,28);1H/t16-,19-;/m0./s1. The Morgan fingerprint density at radius 2 is 1.83 bits per heavy atom. The van der Waals surface area contributed by atoms with Gasteiger partial charge in [0.2, 0.25) is 6.10 Å². The van der Waals surface area contributed by atoms with Crippen LogP contribution in [-0.4, -0.2) is 42.9 Å². The van der Waals surface area contributed by atoms with E-state index in [1.54, 1.807) is 4.90 Å². The minimum atomic E-state index is -4.66. The molecule has 0 aromatic heterocycles. The van der Waals surface area contributed by atoms with Gasteiger partial charge in [-0.15, -0.1) is 12.4 Å². The zero-order valence-corrected chi connectivity index (χ0v) is 17.6. The van der Waals surface area contributed by atoms with Crippen LogP contribution in [0.4, 0.5) is 23.7 Å². The molecule has 1 aliphatic heterocycles. The maximum absolute atomic E-state index is 13.5. The Labute approximate surface area is 184 Å². The molecular formula is C21H23Cl2F3N2O2. The van der Waals surface area contributed by atoms with Gasteiger partial charge in [0.05, 0.1) is 0 Å². The van der Waals surface area contributed by atoms with Crippen molar-refractivity contribution in [2.24, 2.45) is 0 Å². The largest absolute Gasteiger partial charge is 0.435 e. The molecule has 0 spiro atoms. The molecule has 1 fully saturated rings. The van der Waals surface area contributed by atoms with Crippen LogP contribution in [0.1, 0.15) is 24.3 Å². The van der Waals surface area contributed by atoms with E-state index in [4.69, 9.17) is 16.3 Å². The SMILES string of the molecule is Cl.O=C(Nc1ccc(Cl)cc1)O[C@@H](CN1CCC[C@H](c2ccccc2)C1)C(F)(F)F. The molecule has 0 bridgehead atoms. The van der Waals surface area contributed by atoms with Gasteiger partial charge in [0, 0.05) is 23.8 Å². The molecule has 4 nitrogen and oxygen atoms in total. The highest BCUT2D eigenvalue weighted by atomic mass is 35.5. The lowest BCUT2D eigenvalue weighted by molar-refractivity contribution is -0.207. The van der Waals surface area contributed by atoms with Gasteiger partial charge in [0.25, 0.3) is 0 Å². The highest BCUT2D eigenvalue weighted by Crippen LogP contribution is 2.30. The number of benzene rings is 2. The molecule has 3 rings (SSSR count). The van der Waals surface area contributed by atoms with Crippen molar-refractivity contribution in [3.8, 4) is 0 Å². The van der Waals surface area contributed by atoms with Crippen LogP contribution in [0.15, 0.2) is 54.6 Å². The molecule has 2 aromatic carbocycles. The number of piperidine rings is 1. The number of nitrogens with one attached hydrogen (secondary N) is 1. The summed E-state index contributed by atoms with van der Waals surface area (Å²) in [5, 5.41) is 2.76. The van der Waals surface area contributed by atoms with E-state index >= 15 is 0 Å². The lowest BCUT2D eigenvalue weighted by Gasteiger charge is -2.35. The number of hydrogen-bond acceptors (Lipinski definition) is 3. The minimum absolute atomic E-state index is 0. The quantitative estimate of drug-likeness (QED) is 0.581. The molecular weight excluding hydrogens is 440 g/mol. The predicted octanol–water partition coefficient (Wildman–Crippen LogP) is 6.12. The zero-order chi connectivity index (χ0) is 20.9. The number of alkyl halides is 3. The van der Waals surface area contributed by atoms with Crippen molar-refractivity contribution in [3.05, 3.63) is 65.2 Å². The smallest absolute Gasteiger partial charge is 0.426 e. The highest BCUT2D eigenvalue weighted by Gasteiger charge is 2.44. The lowest BCUT2D eigenvalue weighted by atomic mass is 9.90. The van der Waals surface area contributed by atoms with Crippen molar-refractivity contribution in [2.75, 3.05) is 25.0 Å². The van der Waals surface area contributed by atoms with Crippen LogP contribution in [0.3, 0.4) is 0 Å². The number of carbonyl (C=O) groups excluding carboxylic acids is 1. The van der Waals surface area contributed by atoms with Gasteiger partial charge in [0.15, 0.2) is 0 Å². The van der Waals surface area contributed by atoms with Gasteiger partial charge < -0.3 is 4.74 Å². The summed E-state index contributed by atoms with van der Waals surface area (Å²) < 4.78 is 45.2. The van der Waals surface area contributed by atoms with Gasteiger partial charge in [-0.1, -0.05) is 41.9 Å². The summed E-state index contributed by atoms with van der Waals surface area (Å²) in [6.07, 6.45) is -6.29. The van der Waals surface area contributed by atoms with E-state index in [-0.39, 0.29) is 24.9 Å². The van der Waals surface area contributed by atoms with E-state index in [2.05, 4.69) is 5.32 Å². The van der Waals surface area contributed by atoms with E-state index < -0.39 is 18.4 Å². The second-order valence-corrected chi connectivity index (χ2v) is 7.51. The number of anilines is 1. The molecule has 1 heterocycles. The highest BCUT2D eigenvalue weighted by molar-refractivity contribution is 6.30. The molecule has 30 heavy (non-hydrogen) atoms. The summed E-state index contributed by atoms with van der Waals surface area (Å²) in [5.74, 6) is 0.168. The molecule has 1 amide bonds. The van der Waals surface area contributed by atoms with Crippen molar-refractivity contribution < 1.29 is 22.7 Å². The lowest BCUT2D eigenvalue weighted by Crippen LogP contribution is -2.47. The molecule has 0 aliphatic carbocycles. The fourth-order valence-corrected chi connectivity index (χ4v) is 3.60. The van der Waals surface area contributed by atoms with Crippen LogP contribution >= 0.6 is 24.0 Å². The van der Waals surface area contributed by atoms with Crippen LogP contribution in [0.25, 0.3) is 0 Å². The molecule has 1 N–H and O–H groups in total. The van der Waals surface area contributed by atoms with Crippen LogP contribution in [0, 0.1) is 0 Å². The van der Waals surface area contributed by atoms with Crippen LogP contribution in [0.2, 0.25) is 5.02 Å². The fraction of sp³-hybridized carbons (Fsp3) is 0.381. The van der Waals surface area contributed by atoms with Crippen molar-refractivity contribution >= 4 is 35.8 Å². The fourth-order valence-electron chi connectivity index (χ4n) is 3.47. The Morgan fingerprint density at radius 1 is 1.17 bits per heavy atom. The molecule has 0 radical (unpaired) electrons. The van der Waals surface area contributed by atoms with Crippen molar-refractivity contribution in [2.45, 2.75) is 31.0 Å². The zero-order valence-electron chi connectivity index (χ0n) is 16.1. The first-order valence-electron chi connectivity index (χ1n) is 9.38. The van der Waals surface area contributed by atoms with Crippen molar-refractivity contribution in [1.29, 1.82) is 0 Å². The van der Waals surface area contributed by atoms with Crippen molar-refractivity contribution in [3.63, 3.8) is 0 Å². The summed E-state index contributed by atoms with van der Waals surface area (Å²) in [6, 6.07) is 15.8. The summed E-state index contributed by atoms with van der Waals surface area (Å²) >= 11 is 5.76. The average Bonchev–Trinajstić information content (AvgIpc) is 2.69. The monoisotopic (exact) mass is 462 g/mol. The molecule has 164 valence electrons. The number of amides is 1. The molecule has 2 aromatic rings. The van der Waals surface area contributed by atoms with E-state index in [0.29, 0.717) is 23.8 Å². The minimum Gasteiger partial charge on any atom is -0.435 e. The van der Waals surface area contributed by atoms with E-state index in [0.717, 1.165) is 18.4 Å². The van der Waals surface area contributed by atoms with Gasteiger partial charge >= 0.3 is 12.3 Å². The average molecular weight is 463 g/mol. The molecule has 0 saturated carbocycles. The number of hydrogen-bond donors (Lipinski definition) is 1. The Kier molecular flexibility index (Phi) is 8.82. The number of ether oxygens (including phenoxy) is 1. The number of rotatable bonds is 5. The normalized spacial score (nSPS) is 18.2. The molecule has 9 heteroatoms. The first-order valence-corrected chi connectivity index (χ1v) is 9.76. The van der Waals surface area contributed by atoms with Crippen LogP contribution < -0.4 is 5.32 Å². The third-order valence-electron chi connectivity index (χ3n) is 4.91. The number of halogens is 5. The number of carbonyl (C=O) groups is 1. The molecule has 0 unspecified atom stereocenters. The van der Waals surface area contributed by atoms with Gasteiger partial charge in [-0.05, 0) is 55.1 Å². The second-order valence-electron chi connectivity index (χ2n) is 7.08.